The van der Waals surface area contributed by atoms with Gasteiger partial charge in [-0.3, -0.25) is 0 Å². The highest BCUT2D eigenvalue weighted by Gasteiger charge is 1.98. The summed E-state index contributed by atoms with van der Waals surface area (Å²) in [4.78, 5) is 0. The van der Waals surface area contributed by atoms with Crippen molar-refractivity contribution in [2.75, 3.05) is 0 Å². The molecular weight excluding hydrogens is 127 g/mol. The zero-order valence-electron chi connectivity index (χ0n) is 6.32. The second-order valence-electron chi connectivity index (χ2n) is 2.73. The molecule has 1 aliphatic rings. The van der Waals surface area contributed by atoms with Gasteiger partial charge in [0.25, 0.3) is 0 Å². The van der Waals surface area contributed by atoms with Crippen molar-refractivity contribution in [1.29, 1.82) is 0 Å². The van der Waals surface area contributed by atoms with Gasteiger partial charge in [0.15, 0.2) is 0 Å². The third-order valence-corrected chi connectivity index (χ3v) is 1.47. The Balaban J connectivity index is 2.90. The van der Waals surface area contributed by atoms with Gasteiger partial charge in [-0.25, -0.2) is 4.39 Å². The molecule has 0 fully saturated rings. The van der Waals surface area contributed by atoms with Crippen LogP contribution in [0.2, 0.25) is 0 Å². The lowest BCUT2D eigenvalue weighted by Crippen LogP contribution is -1.76. The minimum Gasteiger partial charge on any atom is -0.207 e. The van der Waals surface area contributed by atoms with Crippen LogP contribution < -0.4 is 0 Å². The van der Waals surface area contributed by atoms with Crippen LogP contribution in [0.3, 0.4) is 0 Å². The molecule has 0 saturated heterocycles. The summed E-state index contributed by atoms with van der Waals surface area (Å²) in [5.74, 6) is -0.144. The zero-order valence-corrected chi connectivity index (χ0v) is 6.32. The fraction of sp³-hybridized carbons (Fsp3) is 0.333. The quantitative estimate of drug-likeness (QED) is 0.482. The van der Waals surface area contributed by atoms with Gasteiger partial charge < -0.3 is 0 Å². The molecule has 0 aromatic heterocycles. The Morgan fingerprint density at radius 3 is 2.60 bits per heavy atom. The monoisotopic (exact) mass is 138 g/mol. The largest absolute Gasteiger partial charge is 0.207 e. The Morgan fingerprint density at radius 1 is 1.20 bits per heavy atom. The first-order valence-corrected chi connectivity index (χ1v) is 3.38. The average Bonchev–Trinajstić information content (AvgIpc) is 1.93. The molecule has 54 valence electrons. The van der Waals surface area contributed by atoms with E-state index in [4.69, 9.17) is 0 Å². The third kappa shape index (κ3) is 1.83. The molecule has 0 unspecified atom stereocenters. The van der Waals surface area contributed by atoms with Crippen LogP contribution in [0.15, 0.2) is 35.2 Å². The van der Waals surface area contributed by atoms with Crippen molar-refractivity contribution >= 4 is 0 Å². The molecule has 0 aliphatic heterocycles. The van der Waals surface area contributed by atoms with Crippen LogP contribution in [-0.2, 0) is 0 Å². The van der Waals surface area contributed by atoms with E-state index in [1.165, 1.54) is 11.6 Å². The third-order valence-electron chi connectivity index (χ3n) is 1.47. The maximum Gasteiger partial charge on any atom is 0.123 e. The van der Waals surface area contributed by atoms with Crippen molar-refractivity contribution in [2.45, 2.75) is 20.3 Å². The fourth-order valence-corrected chi connectivity index (χ4v) is 1.06. The van der Waals surface area contributed by atoms with Gasteiger partial charge in [0.05, 0.1) is 0 Å². The molecule has 0 heterocycles. The molecule has 0 bridgehead atoms. The van der Waals surface area contributed by atoms with Gasteiger partial charge in [-0.15, -0.1) is 0 Å². The molecule has 1 rings (SSSR count). The van der Waals surface area contributed by atoms with Crippen LogP contribution in [0.1, 0.15) is 20.3 Å². The number of hydrogen-bond donors (Lipinski definition) is 0. The van der Waals surface area contributed by atoms with Crippen LogP contribution in [-0.4, -0.2) is 0 Å². The predicted octanol–water partition coefficient (Wildman–Crippen LogP) is 3.14. The summed E-state index contributed by atoms with van der Waals surface area (Å²) >= 11 is 0. The molecule has 0 aromatic carbocycles. The Kier molecular flexibility index (Phi) is 2.05. The summed E-state index contributed by atoms with van der Waals surface area (Å²) in [7, 11) is 0. The van der Waals surface area contributed by atoms with Crippen molar-refractivity contribution < 1.29 is 4.39 Å². The summed E-state index contributed by atoms with van der Waals surface area (Å²) in [6.45, 7) is 3.95. The lowest BCUT2D eigenvalue weighted by molar-refractivity contribution is 0.666. The van der Waals surface area contributed by atoms with E-state index >= 15 is 0 Å². The zero-order chi connectivity index (χ0) is 7.56. The first kappa shape index (κ1) is 7.26. The van der Waals surface area contributed by atoms with Gasteiger partial charge in [0.1, 0.15) is 5.83 Å². The second kappa shape index (κ2) is 2.82. The van der Waals surface area contributed by atoms with Gasteiger partial charge in [0.2, 0.25) is 0 Å². The second-order valence-corrected chi connectivity index (χ2v) is 2.73. The smallest absolute Gasteiger partial charge is 0.123 e. The predicted molar refractivity (Wildman–Crippen MR) is 41.3 cm³/mol. The highest BCUT2D eigenvalue weighted by atomic mass is 19.1. The molecule has 0 saturated carbocycles. The number of allylic oxidation sites excluding steroid dienone is 6. The van der Waals surface area contributed by atoms with Gasteiger partial charge >= 0.3 is 0 Å². The van der Waals surface area contributed by atoms with Crippen molar-refractivity contribution in [1.82, 2.24) is 0 Å². The Morgan fingerprint density at radius 2 is 1.90 bits per heavy atom. The Labute approximate surface area is 60.7 Å². The molecule has 0 nitrogen and oxygen atoms in total. The molecule has 1 heteroatoms. The molecule has 0 N–H and O–H groups in total. The summed E-state index contributed by atoms with van der Waals surface area (Å²) in [5, 5.41) is 0. The number of rotatable bonds is 0. The first-order valence-electron chi connectivity index (χ1n) is 3.38. The molecular formula is C9H11F. The minimum atomic E-state index is -0.144. The molecule has 10 heavy (non-hydrogen) atoms. The van der Waals surface area contributed by atoms with Crippen LogP contribution in [0.25, 0.3) is 0 Å². The lowest BCUT2D eigenvalue weighted by Gasteiger charge is -1.95. The number of halogens is 1. The van der Waals surface area contributed by atoms with E-state index < -0.39 is 0 Å². The van der Waals surface area contributed by atoms with Crippen LogP contribution in [0.5, 0.6) is 0 Å². The highest BCUT2D eigenvalue weighted by molar-refractivity contribution is 5.30. The van der Waals surface area contributed by atoms with E-state index in [2.05, 4.69) is 0 Å². The fourth-order valence-electron chi connectivity index (χ4n) is 1.06. The summed E-state index contributed by atoms with van der Waals surface area (Å²) in [6, 6.07) is 0. The summed E-state index contributed by atoms with van der Waals surface area (Å²) < 4.78 is 12.6. The van der Waals surface area contributed by atoms with E-state index in [0.29, 0.717) is 0 Å². The summed E-state index contributed by atoms with van der Waals surface area (Å²) in [6.07, 6.45) is 5.80. The molecule has 0 radical (unpaired) electrons. The molecule has 0 atom stereocenters. The minimum absolute atomic E-state index is 0.144. The molecule has 0 aromatic rings. The molecule has 0 spiro atoms. The maximum atomic E-state index is 12.6. The Hall–Kier alpha value is -0.850. The number of hydrogen-bond acceptors (Lipinski definition) is 0. The van der Waals surface area contributed by atoms with E-state index in [1.807, 2.05) is 19.9 Å². The van der Waals surface area contributed by atoms with Gasteiger partial charge in [-0.1, -0.05) is 17.2 Å². The van der Waals surface area contributed by atoms with Gasteiger partial charge in [0, 0.05) is 0 Å². The topological polar surface area (TPSA) is 0 Å². The summed E-state index contributed by atoms with van der Waals surface area (Å²) in [5.41, 5.74) is 2.29. The van der Waals surface area contributed by atoms with Gasteiger partial charge in [-0.05, 0) is 32.4 Å². The van der Waals surface area contributed by atoms with Crippen LogP contribution >= 0.6 is 0 Å². The van der Waals surface area contributed by atoms with Crippen molar-refractivity contribution in [3.63, 3.8) is 0 Å². The van der Waals surface area contributed by atoms with Crippen LogP contribution in [0.4, 0.5) is 4.39 Å². The van der Waals surface area contributed by atoms with E-state index in [-0.39, 0.29) is 5.83 Å². The van der Waals surface area contributed by atoms with Crippen molar-refractivity contribution in [3.8, 4) is 0 Å². The van der Waals surface area contributed by atoms with Gasteiger partial charge in [-0.2, -0.15) is 0 Å². The first-order chi connectivity index (χ1) is 4.68. The average molecular weight is 138 g/mol. The van der Waals surface area contributed by atoms with Crippen molar-refractivity contribution in [2.24, 2.45) is 0 Å². The van der Waals surface area contributed by atoms with E-state index in [9.17, 15) is 4.39 Å². The lowest BCUT2D eigenvalue weighted by atomic mass is 10.1. The SMILES string of the molecule is CC1=CC=C(F)C=C(C)C1. The van der Waals surface area contributed by atoms with E-state index in [0.717, 1.165) is 12.0 Å². The van der Waals surface area contributed by atoms with Crippen LogP contribution in [0, 0.1) is 0 Å². The highest BCUT2D eigenvalue weighted by Crippen LogP contribution is 2.17. The molecule has 0 amide bonds. The van der Waals surface area contributed by atoms with Crippen molar-refractivity contribution in [3.05, 3.63) is 35.2 Å². The standard InChI is InChI=1S/C9H11F/c1-7-3-4-9(10)6-8(2)5-7/h3-4,6H,5H2,1-2H3. The molecule has 1 aliphatic carbocycles. The maximum absolute atomic E-state index is 12.6. The normalized spacial score (nSPS) is 18.9. The Bertz CT molecular complexity index is 219. The van der Waals surface area contributed by atoms with E-state index in [1.54, 1.807) is 6.08 Å².